The molecular formula is C20H27FN2O. The summed E-state index contributed by atoms with van der Waals surface area (Å²) in [6, 6.07) is 15.1. The van der Waals surface area contributed by atoms with Gasteiger partial charge in [0.15, 0.2) is 0 Å². The molecule has 130 valence electrons. The Hall–Kier alpha value is -1.91. The molecule has 0 aliphatic carbocycles. The van der Waals surface area contributed by atoms with Gasteiger partial charge in [-0.15, -0.1) is 0 Å². The SMILES string of the molecule is CCN(CC)CCNCc1ccc(Oc2ccc(CF)cc2)cc1. The van der Waals surface area contributed by atoms with Crippen molar-refractivity contribution in [2.75, 3.05) is 26.2 Å². The number of benzene rings is 2. The number of nitrogens with zero attached hydrogens (tertiary/aromatic N) is 1. The average molecular weight is 330 g/mol. The highest BCUT2D eigenvalue weighted by atomic mass is 19.1. The van der Waals surface area contributed by atoms with Gasteiger partial charge in [-0.25, -0.2) is 4.39 Å². The number of likely N-dealkylation sites (N-methyl/N-ethyl adjacent to an activating group) is 1. The summed E-state index contributed by atoms with van der Waals surface area (Å²) in [7, 11) is 0. The lowest BCUT2D eigenvalue weighted by molar-refractivity contribution is 0.302. The lowest BCUT2D eigenvalue weighted by atomic mass is 10.2. The molecular weight excluding hydrogens is 303 g/mol. The Kier molecular flexibility index (Phi) is 7.72. The molecule has 0 spiro atoms. The maximum atomic E-state index is 12.5. The highest BCUT2D eigenvalue weighted by Gasteiger charge is 2.00. The molecule has 0 saturated carbocycles. The third-order valence-electron chi connectivity index (χ3n) is 4.07. The standard InChI is InChI=1S/C20H27FN2O/c1-3-23(4-2)14-13-22-16-18-7-11-20(12-8-18)24-19-9-5-17(15-21)6-10-19/h5-12,22H,3-4,13-16H2,1-2H3. The summed E-state index contributed by atoms with van der Waals surface area (Å²) in [5.41, 5.74) is 1.89. The minimum Gasteiger partial charge on any atom is -0.457 e. The van der Waals surface area contributed by atoms with Crippen LogP contribution in [0.25, 0.3) is 0 Å². The van der Waals surface area contributed by atoms with Crippen molar-refractivity contribution in [2.45, 2.75) is 27.1 Å². The molecule has 0 bridgehead atoms. The Morgan fingerprint density at radius 2 is 1.42 bits per heavy atom. The topological polar surface area (TPSA) is 24.5 Å². The third kappa shape index (κ3) is 5.95. The predicted octanol–water partition coefficient (Wildman–Crippen LogP) is 4.38. The van der Waals surface area contributed by atoms with Gasteiger partial charge in [-0.3, -0.25) is 0 Å². The molecule has 2 rings (SSSR count). The van der Waals surface area contributed by atoms with Gasteiger partial charge in [-0.1, -0.05) is 38.1 Å². The highest BCUT2D eigenvalue weighted by molar-refractivity contribution is 5.34. The number of nitrogens with one attached hydrogen (secondary N) is 1. The van der Waals surface area contributed by atoms with Crippen LogP contribution in [0.4, 0.5) is 4.39 Å². The van der Waals surface area contributed by atoms with Crippen molar-refractivity contribution in [2.24, 2.45) is 0 Å². The van der Waals surface area contributed by atoms with Gasteiger partial charge in [0.2, 0.25) is 0 Å². The Morgan fingerprint density at radius 1 is 0.875 bits per heavy atom. The second-order valence-corrected chi connectivity index (χ2v) is 5.73. The van der Waals surface area contributed by atoms with Crippen molar-refractivity contribution in [1.29, 1.82) is 0 Å². The van der Waals surface area contributed by atoms with Crippen molar-refractivity contribution in [3.63, 3.8) is 0 Å². The Balaban J connectivity index is 1.77. The first-order chi connectivity index (χ1) is 11.7. The third-order valence-corrected chi connectivity index (χ3v) is 4.07. The van der Waals surface area contributed by atoms with Crippen LogP contribution in [0.2, 0.25) is 0 Å². The van der Waals surface area contributed by atoms with E-state index >= 15 is 0 Å². The van der Waals surface area contributed by atoms with E-state index < -0.39 is 6.67 Å². The zero-order valence-corrected chi connectivity index (χ0v) is 14.6. The van der Waals surface area contributed by atoms with Crippen LogP contribution in [0, 0.1) is 0 Å². The maximum Gasteiger partial charge on any atom is 0.127 e. The van der Waals surface area contributed by atoms with Crippen molar-refractivity contribution >= 4 is 0 Å². The second-order valence-electron chi connectivity index (χ2n) is 5.73. The van der Waals surface area contributed by atoms with E-state index in [0.717, 1.165) is 44.2 Å². The van der Waals surface area contributed by atoms with Crippen molar-refractivity contribution in [3.8, 4) is 11.5 Å². The molecule has 0 aromatic heterocycles. The molecule has 0 aliphatic rings. The molecule has 2 aromatic carbocycles. The Labute approximate surface area is 144 Å². The van der Waals surface area contributed by atoms with Crippen LogP contribution in [0.15, 0.2) is 48.5 Å². The largest absolute Gasteiger partial charge is 0.457 e. The highest BCUT2D eigenvalue weighted by Crippen LogP contribution is 2.22. The molecule has 0 amide bonds. The van der Waals surface area contributed by atoms with Crippen molar-refractivity contribution in [1.82, 2.24) is 10.2 Å². The summed E-state index contributed by atoms with van der Waals surface area (Å²) >= 11 is 0. The van der Waals surface area contributed by atoms with Crippen LogP contribution in [0.5, 0.6) is 11.5 Å². The number of rotatable bonds is 10. The van der Waals surface area contributed by atoms with E-state index in [-0.39, 0.29) is 0 Å². The monoisotopic (exact) mass is 330 g/mol. The molecule has 0 saturated heterocycles. The maximum absolute atomic E-state index is 12.5. The lowest BCUT2D eigenvalue weighted by Gasteiger charge is -2.18. The van der Waals surface area contributed by atoms with Crippen LogP contribution in [0.1, 0.15) is 25.0 Å². The van der Waals surface area contributed by atoms with Crippen LogP contribution < -0.4 is 10.1 Å². The van der Waals surface area contributed by atoms with E-state index in [4.69, 9.17) is 4.74 Å². The van der Waals surface area contributed by atoms with Gasteiger partial charge in [0.25, 0.3) is 0 Å². The number of alkyl halides is 1. The van der Waals surface area contributed by atoms with Crippen molar-refractivity contribution in [3.05, 3.63) is 59.7 Å². The zero-order chi connectivity index (χ0) is 17.2. The quantitative estimate of drug-likeness (QED) is 0.654. The molecule has 0 radical (unpaired) electrons. The van der Waals surface area contributed by atoms with Crippen LogP contribution in [-0.2, 0) is 13.2 Å². The molecule has 0 fully saturated rings. The van der Waals surface area contributed by atoms with Gasteiger partial charge in [0.05, 0.1) is 0 Å². The van der Waals surface area contributed by atoms with Gasteiger partial charge in [-0.2, -0.15) is 0 Å². The van der Waals surface area contributed by atoms with Gasteiger partial charge < -0.3 is 15.0 Å². The number of halogens is 1. The van der Waals surface area contributed by atoms with Crippen molar-refractivity contribution < 1.29 is 9.13 Å². The molecule has 1 N–H and O–H groups in total. The van der Waals surface area contributed by atoms with Crippen LogP contribution in [-0.4, -0.2) is 31.1 Å². The van der Waals surface area contributed by atoms with Gasteiger partial charge >= 0.3 is 0 Å². The molecule has 0 atom stereocenters. The second kappa shape index (κ2) is 10.1. The Bertz CT molecular complexity index is 580. The van der Waals surface area contributed by atoms with E-state index in [1.165, 1.54) is 5.56 Å². The first kappa shape index (κ1) is 18.4. The summed E-state index contributed by atoms with van der Waals surface area (Å²) in [4.78, 5) is 2.40. The summed E-state index contributed by atoms with van der Waals surface area (Å²) in [6.07, 6.45) is 0. The normalized spacial score (nSPS) is 11.0. The van der Waals surface area contributed by atoms with Gasteiger partial charge in [0.1, 0.15) is 18.2 Å². The zero-order valence-electron chi connectivity index (χ0n) is 14.6. The fourth-order valence-electron chi connectivity index (χ4n) is 2.47. The molecule has 0 aliphatic heterocycles. The summed E-state index contributed by atoms with van der Waals surface area (Å²) in [6.45, 7) is 9.03. The first-order valence-electron chi connectivity index (χ1n) is 8.60. The minimum absolute atomic E-state index is 0.448. The fraction of sp³-hybridized carbons (Fsp3) is 0.400. The van der Waals surface area contributed by atoms with Crippen LogP contribution in [0.3, 0.4) is 0 Å². The summed E-state index contributed by atoms with van der Waals surface area (Å²) in [5.74, 6) is 1.51. The summed E-state index contributed by atoms with van der Waals surface area (Å²) < 4.78 is 18.3. The smallest absolute Gasteiger partial charge is 0.127 e. The number of ether oxygens (including phenoxy) is 1. The van der Waals surface area contributed by atoms with Gasteiger partial charge in [-0.05, 0) is 48.5 Å². The van der Waals surface area contributed by atoms with E-state index in [2.05, 4.69) is 36.2 Å². The molecule has 4 heteroatoms. The number of hydrogen-bond donors (Lipinski definition) is 1. The van der Waals surface area contributed by atoms with E-state index in [1.54, 1.807) is 24.3 Å². The number of hydrogen-bond acceptors (Lipinski definition) is 3. The Morgan fingerprint density at radius 3 is 1.92 bits per heavy atom. The average Bonchev–Trinajstić information content (AvgIpc) is 2.64. The first-order valence-corrected chi connectivity index (χ1v) is 8.60. The fourth-order valence-corrected chi connectivity index (χ4v) is 2.47. The van der Waals surface area contributed by atoms with Crippen LogP contribution >= 0.6 is 0 Å². The molecule has 0 heterocycles. The molecule has 24 heavy (non-hydrogen) atoms. The minimum atomic E-state index is -0.448. The van der Waals surface area contributed by atoms with E-state index in [9.17, 15) is 4.39 Å². The van der Waals surface area contributed by atoms with E-state index in [1.807, 2.05) is 12.1 Å². The molecule has 2 aromatic rings. The van der Waals surface area contributed by atoms with Gasteiger partial charge in [0, 0.05) is 19.6 Å². The van der Waals surface area contributed by atoms with E-state index in [0.29, 0.717) is 5.56 Å². The lowest BCUT2D eigenvalue weighted by Crippen LogP contribution is -2.31. The molecule has 3 nitrogen and oxygen atoms in total. The summed E-state index contributed by atoms with van der Waals surface area (Å²) in [5, 5.41) is 3.46. The molecule has 0 unspecified atom stereocenters. The predicted molar refractivity (Wildman–Crippen MR) is 97.3 cm³/mol.